The van der Waals surface area contributed by atoms with Crippen LogP contribution in [0.3, 0.4) is 0 Å². The molecular weight excluding hydrogens is 526 g/mol. The summed E-state index contributed by atoms with van der Waals surface area (Å²) in [5.74, 6) is -1.28. The Morgan fingerprint density at radius 1 is 1.36 bits per heavy atom. The van der Waals surface area contributed by atoms with Crippen molar-refractivity contribution in [2.24, 2.45) is 5.92 Å². The van der Waals surface area contributed by atoms with E-state index in [2.05, 4.69) is 31.4 Å². The SMILES string of the molecule is CC(C)CNC(=O)NC(C(=O)N[C@@H]1C(=O)N2C(C(=O)O)=C(CSc3cn[nH]n3)CSC12)c1cccs1. The number of aliphatic carboxylic acids is 1. The van der Waals surface area contributed by atoms with E-state index in [1.807, 2.05) is 13.8 Å². The monoisotopic (exact) mass is 551 g/mol. The van der Waals surface area contributed by atoms with Crippen molar-refractivity contribution in [2.75, 3.05) is 18.1 Å². The first-order chi connectivity index (χ1) is 17.3. The predicted molar refractivity (Wildman–Crippen MR) is 135 cm³/mol. The molecule has 0 spiro atoms. The summed E-state index contributed by atoms with van der Waals surface area (Å²) in [6.07, 6.45) is 1.53. The minimum Gasteiger partial charge on any atom is -0.477 e. The summed E-state index contributed by atoms with van der Waals surface area (Å²) in [6.45, 7) is 4.36. The highest BCUT2D eigenvalue weighted by Gasteiger charge is 2.54. The maximum absolute atomic E-state index is 13.2. The van der Waals surface area contributed by atoms with Crippen LogP contribution in [-0.2, 0) is 14.4 Å². The predicted octanol–water partition coefficient (Wildman–Crippen LogP) is 1.39. The molecule has 0 bridgehead atoms. The van der Waals surface area contributed by atoms with Crippen molar-refractivity contribution in [1.82, 2.24) is 36.3 Å². The number of carbonyl (C=O) groups excluding carboxylic acids is 3. The van der Waals surface area contributed by atoms with E-state index in [1.165, 1.54) is 46.0 Å². The van der Waals surface area contributed by atoms with Crippen molar-refractivity contribution in [1.29, 1.82) is 0 Å². The van der Waals surface area contributed by atoms with Crippen molar-refractivity contribution in [3.63, 3.8) is 0 Å². The second-order valence-electron chi connectivity index (χ2n) is 8.45. The number of nitrogens with one attached hydrogen (secondary N) is 4. The zero-order valence-corrected chi connectivity index (χ0v) is 21.8. The van der Waals surface area contributed by atoms with Crippen LogP contribution in [-0.4, -0.2) is 78.7 Å². The number of aromatic amines is 1. The van der Waals surface area contributed by atoms with Gasteiger partial charge in [-0.2, -0.15) is 10.3 Å². The second-order valence-corrected chi connectivity index (χ2v) is 11.5. The summed E-state index contributed by atoms with van der Waals surface area (Å²) in [4.78, 5) is 52.4. The van der Waals surface area contributed by atoms with Crippen LogP contribution in [0.4, 0.5) is 4.79 Å². The lowest BCUT2D eigenvalue weighted by molar-refractivity contribution is -0.150. The van der Waals surface area contributed by atoms with Gasteiger partial charge in [0.05, 0.1) is 6.20 Å². The van der Waals surface area contributed by atoms with Gasteiger partial charge in [0, 0.05) is 22.9 Å². The number of amides is 4. The molecule has 12 nitrogen and oxygen atoms in total. The highest BCUT2D eigenvalue weighted by atomic mass is 32.2. The van der Waals surface area contributed by atoms with Gasteiger partial charge in [0.1, 0.15) is 28.2 Å². The molecule has 36 heavy (non-hydrogen) atoms. The number of carboxylic acid groups (broad SMARTS) is 1. The molecule has 4 amide bonds. The van der Waals surface area contributed by atoms with Gasteiger partial charge >= 0.3 is 12.0 Å². The van der Waals surface area contributed by atoms with Crippen molar-refractivity contribution in [3.05, 3.63) is 39.9 Å². The third kappa shape index (κ3) is 5.68. The van der Waals surface area contributed by atoms with Gasteiger partial charge in [-0.25, -0.2) is 9.59 Å². The Hall–Kier alpha value is -3.04. The first kappa shape index (κ1) is 26.0. The Bertz CT molecular complexity index is 1150. The number of thiophene rings is 1. The zero-order chi connectivity index (χ0) is 25.8. The first-order valence-electron chi connectivity index (χ1n) is 11.0. The van der Waals surface area contributed by atoms with E-state index in [4.69, 9.17) is 0 Å². The summed E-state index contributed by atoms with van der Waals surface area (Å²) in [7, 11) is 0. The molecule has 0 aliphatic carbocycles. The van der Waals surface area contributed by atoms with Crippen LogP contribution in [0.2, 0.25) is 0 Å². The third-order valence-electron chi connectivity index (χ3n) is 5.37. The van der Waals surface area contributed by atoms with Gasteiger partial charge in [-0.15, -0.1) is 28.2 Å². The summed E-state index contributed by atoms with van der Waals surface area (Å²) < 4.78 is 0. The summed E-state index contributed by atoms with van der Waals surface area (Å²) in [5, 5.41) is 30.0. The lowest BCUT2D eigenvalue weighted by Crippen LogP contribution is -2.71. The van der Waals surface area contributed by atoms with E-state index in [9.17, 15) is 24.3 Å². The van der Waals surface area contributed by atoms with Crippen molar-refractivity contribution in [3.8, 4) is 0 Å². The van der Waals surface area contributed by atoms with E-state index in [0.717, 1.165) is 0 Å². The fourth-order valence-corrected chi connectivity index (χ4v) is 6.70. The molecule has 15 heteroatoms. The lowest BCUT2D eigenvalue weighted by Gasteiger charge is -2.49. The number of β-lactam (4-membered cyclic amide) rings is 1. The molecule has 0 saturated carbocycles. The molecule has 1 fully saturated rings. The van der Waals surface area contributed by atoms with Gasteiger partial charge in [0.25, 0.3) is 5.91 Å². The van der Waals surface area contributed by atoms with Crippen LogP contribution in [0.25, 0.3) is 0 Å². The minimum atomic E-state index is -1.20. The lowest BCUT2D eigenvalue weighted by atomic mass is 10.0. The molecule has 0 aromatic carbocycles. The molecule has 4 rings (SSSR count). The quantitative estimate of drug-likeness (QED) is 0.216. The number of thioether (sulfide) groups is 2. The maximum Gasteiger partial charge on any atom is 0.352 e. The summed E-state index contributed by atoms with van der Waals surface area (Å²) >= 11 is 4.01. The maximum atomic E-state index is 13.2. The van der Waals surface area contributed by atoms with Gasteiger partial charge in [-0.05, 0) is 22.9 Å². The Morgan fingerprint density at radius 3 is 2.81 bits per heavy atom. The van der Waals surface area contributed by atoms with Gasteiger partial charge in [0.2, 0.25) is 5.91 Å². The Kier molecular flexibility index (Phi) is 8.21. The number of hydrogen-bond acceptors (Lipinski definition) is 9. The molecule has 192 valence electrons. The molecule has 2 unspecified atom stereocenters. The van der Waals surface area contributed by atoms with Crippen LogP contribution in [0.1, 0.15) is 24.8 Å². The fourth-order valence-electron chi connectivity index (χ4n) is 3.65. The number of nitrogens with zero attached hydrogens (tertiary/aromatic N) is 3. The number of aromatic nitrogens is 3. The van der Waals surface area contributed by atoms with Crippen molar-refractivity contribution in [2.45, 2.75) is 36.3 Å². The highest BCUT2D eigenvalue weighted by Crippen LogP contribution is 2.41. The summed E-state index contributed by atoms with van der Waals surface area (Å²) in [5.41, 5.74) is 0.529. The largest absolute Gasteiger partial charge is 0.477 e. The molecule has 0 radical (unpaired) electrons. The molecule has 2 aromatic rings. The Labute approximate surface area is 219 Å². The van der Waals surface area contributed by atoms with E-state index >= 15 is 0 Å². The van der Waals surface area contributed by atoms with Crippen LogP contribution in [0.15, 0.2) is 40.0 Å². The number of carboxylic acids is 1. The third-order valence-corrected chi connectivity index (χ3v) is 8.63. The first-order valence-corrected chi connectivity index (χ1v) is 13.9. The van der Waals surface area contributed by atoms with E-state index < -0.39 is 41.3 Å². The van der Waals surface area contributed by atoms with Gasteiger partial charge < -0.3 is 21.1 Å². The molecular formula is C21H25N7O5S3. The Balaban J connectivity index is 1.44. The number of urea groups is 1. The number of fused-ring (bicyclic) bond motifs is 1. The van der Waals surface area contributed by atoms with Gasteiger partial charge in [-0.1, -0.05) is 31.7 Å². The average Bonchev–Trinajstić information content (AvgIpc) is 3.57. The molecule has 5 N–H and O–H groups in total. The van der Waals surface area contributed by atoms with E-state index in [-0.39, 0.29) is 11.6 Å². The summed E-state index contributed by atoms with van der Waals surface area (Å²) in [6, 6.07) is 1.12. The topological polar surface area (TPSA) is 169 Å². The van der Waals surface area contributed by atoms with Gasteiger partial charge in [0.15, 0.2) is 0 Å². The highest BCUT2D eigenvalue weighted by molar-refractivity contribution is 8.01. The molecule has 2 aromatic heterocycles. The smallest absolute Gasteiger partial charge is 0.352 e. The molecule has 4 heterocycles. The number of carbonyl (C=O) groups is 4. The van der Waals surface area contributed by atoms with Gasteiger partial charge in [-0.3, -0.25) is 14.5 Å². The fraction of sp³-hybridized carbons (Fsp3) is 0.429. The van der Waals surface area contributed by atoms with Crippen LogP contribution in [0.5, 0.6) is 0 Å². The molecule has 3 atom stereocenters. The minimum absolute atomic E-state index is 0.0637. The second kappa shape index (κ2) is 11.3. The van der Waals surface area contributed by atoms with Crippen LogP contribution < -0.4 is 16.0 Å². The van der Waals surface area contributed by atoms with E-state index in [1.54, 1.807) is 17.5 Å². The van der Waals surface area contributed by atoms with Crippen LogP contribution in [0, 0.1) is 5.92 Å². The van der Waals surface area contributed by atoms with Crippen LogP contribution >= 0.6 is 34.9 Å². The molecule has 1 saturated heterocycles. The number of H-pyrrole nitrogens is 1. The Morgan fingerprint density at radius 2 is 2.17 bits per heavy atom. The average molecular weight is 552 g/mol. The zero-order valence-electron chi connectivity index (χ0n) is 19.4. The normalized spacial score (nSPS) is 20.0. The molecule has 2 aliphatic heterocycles. The van der Waals surface area contributed by atoms with Crippen molar-refractivity contribution >= 4 is 58.7 Å². The number of rotatable bonds is 10. The number of hydrogen-bond donors (Lipinski definition) is 5. The standard InChI is InChI=1S/C21H25N7O5S3/c1-10(2)6-22-21(33)25-14(12-4-3-5-34-12)17(29)24-15-18(30)28-16(20(31)32)11(9-36-19(15)28)8-35-13-7-23-27-26-13/h3-5,7,10,14-15,19H,6,8-9H2,1-2H3,(H,24,29)(H,31,32)(H2,22,25,33)(H,23,26,27)/t14?,15-,19?/m1/s1. The van der Waals surface area contributed by atoms with Crippen molar-refractivity contribution < 1.29 is 24.3 Å². The van der Waals surface area contributed by atoms with E-state index in [0.29, 0.717) is 33.5 Å². The molecule has 2 aliphatic rings.